The van der Waals surface area contributed by atoms with Gasteiger partial charge in [-0.3, -0.25) is 4.79 Å². The van der Waals surface area contributed by atoms with E-state index >= 15 is 0 Å². The fraction of sp³-hybridized carbons (Fsp3) is 0.125. The third-order valence-corrected chi connectivity index (χ3v) is 3.96. The maximum atomic E-state index is 12.0. The first kappa shape index (κ1) is 18.4. The molecule has 1 N–H and O–H groups in total. The Bertz CT molecular complexity index is 780. The van der Waals surface area contributed by atoms with Crippen molar-refractivity contribution in [1.82, 2.24) is 0 Å². The van der Waals surface area contributed by atoms with E-state index in [1.165, 1.54) is 25.3 Å². The molecule has 0 radical (unpaired) electrons. The number of halogens is 3. The molecule has 2 aromatic rings. The summed E-state index contributed by atoms with van der Waals surface area (Å²) in [4.78, 5) is 23.7. The van der Waals surface area contributed by atoms with Crippen molar-refractivity contribution in [2.75, 3.05) is 19.0 Å². The van der Waals surface area contributed by atoms with E-state index in [9.17, 15) is 9.59 Å². The first-order chi connectivity index (χ1) is 11.4. The molecule has 0 saturated carbocycles. The van der Waals surface area contributed by atoms with Gasteiger partial charge in [0.05, 0.1) is 33.4 Å². The summed E-state index contributed by atoms with van der Waals surface area (Å²) in [6, 6.07) is 9.30. The molecule has 0 aliphatic carbocycles. The van der Waals surface area contributed by atoms with Crippen molar-refractivity contribution in [3.05, 3.63) is 57.0 Å². The molecule has 0 aliphatic rings. The summed E-state index contributed by atoms with van der Waals surface area (Å²) in [6.45, 7) is -0.326. The largest absolute Gasteiger partial charge is 0.482 e. The number of para-hydroxylation sites is 1. The molecule has 0 bridgehead atoms. The van der Waals surface area contributed by atoms with Crippen molar-refractivity contribution in [2.45, 2.75) is 0 Å². The quantitative estimate of drug-likeness (QED) is 0.607. The number of nitrogens with one attached hydrogen (secondary N) is 1. The molecule has 5 nitrogen and oxygen atoms in total. The topological polar surface area (TPSA) is 64.6 Å². The predicted molar refractivity (Wildman–Crippen MR) is 93.4 cm³/mol. The smallest absolute Gasteiger partial charge is 0.339 e. The Morgan fingerprint density at radius 1 is 1.04 bits per heavy atom. The number of amides is 1. The maximum Gasteiger partial charge on any atom is 0.339 e. The lowest BCUT2D eigenvalue weighted by Gasteiger charge is -2.11. The molecule has 8 heteroatoms. The van der Waals surface area contributed by atoms with Crippen LogP contribution in [0.3, 0.4) is 0 Å². The highest BCUT2D eigenvalue weighted by atomic mass is 35.5. The molecule has 1 amide bonds. The van der Waals surface area contributed by atoms with Crippen molar-refractivity contribution in [3.63, 3.8) is 0 Å². The number of carbonyl (C=O) groups is 2. The zero-order valence-corrected chi connectivity index (χ0v) is 14.7. The normalized spacial score (nSPS) is 10.2. The molecular formula is C16H12Cl3NO4. The number of anilines is 1. The summed E-state index contributed by atoms with van der Waals surface area (Å²) in [5.41, 5.74) is 0.555. The van der Waals surface area contributed by atoms with E-state index in [-0.39, 0.29) is 33.0 Å². The predicted octanol–water partition coefficient (Wildman–Crippen LogP) is 4.45. The third-order valence-electron chi connectivity index (χ3n) is 2.94. The van der Waals surface area contributed by atoms with Gasteiger partial charge in [-0.05, 0) is 18.2 Å². The maximum absolute atomic E-state index is 12.0. The Morgan fingerprint density at radius 3 is 2.42 bits per heavy atom. The Morgan fingerprint density at radius 2 is 1.71 bits per heavy atom. The molecule has 0 atom stereocenters. The van der Waals surface area contributed by atoms with Gasteiger partial charge < -0.3 is 14.8 Å². The molecule has 126 valence electrons. The number of carbonyl (C=O) groups excluding carboxylic acids is 2. The van der Waals surface area contributed by atoms with Crippen LogP contribution in [-0.2, 0) is 9.53 Å². The van der Waals surface area contributed by atoms with E-state index in [2.05, 4.69) is 10.1 Å². The Kier molecular flexibility index (Phi) is 6.31. The molecule has 2 rings (SSSR count). The Labute approximate surface area is 153 Å². The molecular weight excluding hydrogens is 377 g/mol. The van der Waals surface area contributed by atoms with Crippen molar-refractivity contribution in [1.29, 1.82) is 0 Å². The van der Waals surface area contributed by atoms with Gasteiger partial charge in [0, 0.05) is 6.07 Å². The van der Waals surface area contributed by atoms with Crippen LogP contribution in [0.5, 0.6) is 5.75 Å². The summed E-state index contributed by atoms with van der Waals surface area (Å²) in [5.74, 6) is -0.810. The van der Waals surface area contributed by atoms with Gasteiger partial charge in [0.25, 0.3) is 5.91 Å². The summed E-state index contributed by atoms with van der Waals surface area (Å²) < 4.78 is 9.99. The molecule has 0 aromatic heterocycles. The first-order valence-corrected chi connectivity index (χ1v) is 7.80. The van der Waals surface area contributed by atoms with Gasteiger partial charge in [-0.25, -0.2) is 4.79 Å². The van der Waals surface area contributed by atoms with E-state index in [0.29, 0.717) is 5.69 Å². The lowest BCUT2D eigenvalue weighted by atomic mass is 10.2. The van der Waals surface area contributed by atoms with Crippen LogP contribution in [-0.4, -0.2) is 25.6 Å². The molecule has 0 fully saturated rings. The highest BCUT2D eigenvalue weighted by Gasteiger charge is 2.14. The number of hydrogen-bond donors (Lipinski definition) is 1. The van der Waals surface area contributed by atoms with Crippen LogP contribution in [0.1, 0.15) is 10.4 Å². The molecule has 0 heterocycles. The molecule has 0 saturated heterocycles. The number of benzene rings is 2. The minimum Gasteiger partial charge on any atom is -0.482 e. The van der Waals surface area contributed by atoms with Crippen LogP contribution in [0.25, 0.3) is 0 Å². The minimum absolute atomic E-state index is 0.225. The van der Waals surface area contributed by atoms with Gasteiger partial charge in [0.2, 0.25) is 0 Å². The first-order valence-electron chi connectivity index (χ1n) is 6.67. The third kappa shape index (κ3) is 4.54. The number of methoxy groups -OCH3 is 1. The van der Waals surface area contributed by atoms with Gasteiger partial charge in [0.1, 0.15) is 5.75 Å². The monoisotopic (exact) mass is 387 g/mol. The van der Waals surface area contributed by atoms with E-state index in [1.807, 2.05) is 0 Å². The van der Waals surface area contributed by atoms with E-state index in [0.717, 1.165) is 0 Å². The SMILES string of the molecule is COC(=O)c1ccccc1NC(=O)COc1cc(Cl)c(Cl)cc1Cl. The molecule has 0 unspecified atom stereocenters. The Balaban J connectivity index is 2.05. The van der Waals surface area contributed by atoms with Gasteiger partial charge in [-0.2, -0.15) is 0 Å². The highest BCUT2D eigenvalue weighted by Crippen LogP contribution is 2.33. The standard InChI is InChI=1S/C16H12Cl3NO4/c1-23-16(22)9-4-2-3-5-13(9)20-15(21)8-24-14-7-11(18)10(17)6-12(14)19/h2-7H,8H2,1H3,(H,20,21). The summed E-state index contributed by atoms with van der Waals surface area (Å²) in [6.07, 6.45) is 0. The van der Waals surface area contributed by atoms with Crippen molar-refractivity contribution in [2.24, 2.45) is 0 Å². The highest BCUT2D eigenvalue weighted by molar-refractivity contribution is 6.43. The van der Waals surface area contributed by atoms with Gasteiger partial charge >= 0.3 is 5.97 Å². The summed E-state index contributed by atoms with van der Waals surface area (Å²) in [7, 11) is 1.26. The zero-order chi connectivity index (χ0) is 17.7. The number of ether oxygens (including phenoxy) is 2. The molecule has 0 spiro atoms. The Hall–Kier alpha value is -1.95. The van der Waals surface area contributed by atoms with Crippen molar-refractivity contribution >= 4 is 52.4 Å². The minimum atomic E-state index is -0.556. The van der Waals surface area contributed by atoms with Crippen LogP contribution in [0.15, 0.2) is 36.4 Å². The van der Waals surface area contributed by atoms with E-state index in [1.54, 1.807) is 18.2 Å². The lowest BCUT2D eigenvalue weighted by Crippen LogP contribution is -2.21. The number of rotatable bonds is 5. The van der Waals surface area contributed by atoms with Crippen molar-refractivity contribution in [3.8, 4) is 5.75 Å². The van der Waals surface area contributed by atoms with Crippen LogP contribution < -0.4 is 10.1 Å². The fourth-order valence-corrected chi connectivity index (χ4v) is 2.42. The molecule has 24 heavy (non-hydrogen) atoms. The fourth-order valence-electron chi connectivity index (χ4n) is 1.82. The number of esters is 1. The van der Waals surface area contributed by atoms with Gasteiger partial charge in [-0.1, -0.05) is 46.9 Å². The number of hydrogen-bond acceptors (Lipinski definition) is 4. The second kappa shape index (κ2) is 8.24. The molecule has 2 aromatic carbocycles. The van der Waals surface area contributed by atoms with Crippen LogP contribution in [0, 0.1) is 0 Å². The second-order valence-electron chi connectivity index (χ2n) is 4.57. The molecule has 0 aliphatic heterocycles. The average Bonchev–Trinajstić information content (AvgIpc) is 2.56. The van der Waals surface area contributed by atoms with Crippen LogP contribution in [0.2, 0.25) is 15.1 Å². The average molecular weight is 389 g/mol. The van der Waals surface area contributed by atoms with Crippen molar-refractivity contribution < 1.29 is 19.1 Å². The van der Waals surface area contributed by atoms with Gasteiger partial charge in [0.15, 0.2) is 6.61 Å². The zero-order valence-electron chi connectivity index (χ0n) is 12.4. The van der Waals surface area contributed by atoms with Crippen LogP contribution in [0.4, 0.5) is 5.69 Å². The van der Waals surface area contributed by atoms with E-state index in [4.69, 9.17) is 39.5 Å². The summed E-state index contributed by atoms with van der Waals surface area (Å²) in [5, 5.41) is 3.34. The van der Waals surface area contributed by atoms with E-state index < -0.39 is 11.9 Å². The summed E-state index contributed by atoms with van der Waals surface area (Å²) >= 11 is 17.7. The lowest BCUT2D eigenvalue weighted by molar-refractivity contribution is -0.118. The van der Waals surface area contributed by atoms with Crippen LogP contribution >= 0.6 is 34.8 Å². The van der Waals surface area contributed by atoms with Gasteiger partial charge in [-0.15, -0.1) is 0 Å². The second-order valence-corrected chi connectivity index (χ2v) is 5.79.